The smallest absolute Gasteiger partial charge is 0.225 e. The Labute approximate surface area is 101 Å². The van der Waals surface area contributed by atoms with Crippen molar-refractivity contribution in [1.82, 2.24) is 15.8 Å². The van der Waals surface area contributed by atoms with E-state index in [-0.39, 0.29) is 17.7 Å². The summed E-state index contributed by atoms with van der Waals surface area (Å²) in [4.78, 5) is 11.7. The van der Waals surface area contributed by atoms with Gasteiger partial charge >= 0.3 is 0 Å². The number of hydrogen-bond acceptors (Lipinski definition) is 4. The van der Waals surface area contributed by atoms with Gasteiger partial charge in [-0.25, -0.2) is 0 Å². The molecular formula is C12H19N3O2. The van der Waals surface area contributed by atoms with Crippen LogP contribution in [0.3, 0.4) is 0 Å². The lowest BCUT2D eigenvalue weighted by atomic mass is 9.98. The van der Waals surface area contributed by atoms with Gasteiger partial charge in [0.05, 0.1) is 11.6 Å². The van der Waals surface area contributed by atoms with Crippen molar-refractivity contribution in [2.75, 3.05) is 19.6 Å². The Kier molecular flexibility index (Phi) is 3.47. The van der Waals surface area contributed by atoms with Crippen LogP contribution in [-0.4, -0.2) is 30.7 Å². The average molecular weight is 237 g/mol. The monoisotopic (exact) mass is 237 g/mol. The SMILES string of the molecule is Cc1noc(C)c1C(C)CNC(=O)C1CNC1. The highest BCUT2D eigenvalue weighted by molar-refractivity contribution is 5.80. The minimum atomic E-state index is 0.141. The van der Waals surface area contributed by atoms with Crippen LogP contribution < -0.4 is 10.6 Å². The molecule has 1 amide bonds. The van der Waals surface area contributed by atoms with Crippen molar-refractivity contribution in [3.8, 4) is 0 Å². The zero-order chi connectivity index (χ0) is 12.4. The zero-order valence-corrected chi connectivity index (χ0v) is 10.5. The second kappa shape index (κ2) is 4.87. The minimum absolute atomic E-state index is 0.141. The summed E-state index contributed by atoms with van der Waals surface area (Å²) in [5.41, 5.74) is 2.02. The fourth-order valence-electron chi connectivity index (χ4n) is 2.17. The molecule has 1 unspecified atom stereocenters. The summed E-state index contributed by atoms with van der Waals surface area (Å²) in [6, 6.07) is 0. The maximum absolute atomic E-state index is 11.7. The van der Waals surface area contributed by atoms with Gasteiger partial charge in [-0.1, -0.05) is 12.1 Å². The van der Waals surface area contributed by atoms with Gasteiger partial charge in [-0.15, -0.1) is 0 Å². The zero-order valence-electron chi connectivity index (χ0n) is 10.5. The standard InChI is InChI=1S/C12H19N3O2/c1-7(11-8(2)15-17-9(11)3)4-14-12(16)10-5-13-6-10/h7,10,13H,4-6H2,1-3H3,(H,14,16). The highest BCUT2D eigenvalue weighted by Gasteiger charge is 2.25. The van der Waals surface area contributed by atoms with Crippen molar-refractivity contribution in [2.45, 2.75) is 26.7 Å². The first-order valence-electron chi connectivity index (χ1n) is 6.00. The number of carbonyl (C=O) groups is 1. The van der Waals surface area contributed by atoms with E-state index in [0.717, 1.165) is 30.1 Å². The number of nitrogens with one attached hydrogen (secondary N) is 2. The van der Waals surface area contributed by atoms with Gasteiger partial charge in [0.15, 0.2) is 0 Å². The van der Waals surface area contributed by atoms with Gasteiger partial charge in [0.25, 0.3) is 0 Å². The quantitative estimate of drug-likeness (QED) is 0.810. The van der Waals surface area contributed by atoms with Crippen LogP contribution in [0, 0.1) is 19.8 Å². The second-order valence-electron chi connectivity index (χ2n) is 4.74. The van der Waals surface area contributed by atoms with Gasteiger partial charge in [-0.2, -0.15) is 0 Å². The van der Waals surface area contributed by atoms with E-state index in [9.17, 15) is 4.79 Å². The van der Waals surface area contributed by atoms with E-state index in [1.807, 2.05) is 13.8 Å². The Hall–Kier alpha value is -1.36. The van der Waals surface area contributed by atoms with Gasteiger partial charge in [0.1, 0.15) is 5.76 Å². The van der Waals surface area contributed by atoms with Crippen molar-refractivity contribution in [3.63, 3.8) is 0 Å². The number of hydrogen-bond donors (Lipinski definition) is 2. The Balaban J connectivity index is 1.88. The molecule has 2 rings (SSSR count). The van der Waals surface area contributed by atoms with E-state index in [1.54, 1.807) is 0 Å². The molecule has 5 heteroatoms. The molecular weight excluding hydrogens is 218 g/mol. The third-order valence-corrected chi connectivity index (χ3v) is 3.32. The summed E-state index contributed by atoms with van der Waals surface area (Å²) in [6.45, 7) is 8.14. The summed E-state index contributed by atoms with van der Waals surface area (Å²) < 4.78 is 5.13. The number of aromatic nitrogens is 1. The van der Waals surface area contributed by atoms with Crippen LogP contribution in [0.1, 0.15) is 29.9 Å². The number of aryl methyl sites for hydroxylation is 2. The molecule has 0 radical (unpaired) electrons. The van der Waals surface area contributed by atoms with Crippen molar-refractivity contribution in [2.24, 2.45) is 5.92 Å². The molecule has 1 aromatic rings. The third-order valence-electron chi connectivity index (χ3n) is 3.32. The molecule has 1 atom stereocenters. The lowest BCUT2D eigenvalue weighted by Gasteiger charge is -2.26. The second-order valence-corrected chi connectivity index (χ2v) is 4.74. The molecule has 1 fully saturated rings. The largest absolute Gasteiger partial charge is 0.361 e. The van der Waals surface area contributed by atoms with Gasteiger partial charge in [0, 0.05) is 31.1 Å². The maximum atomic E-state index is 11.7. The minimum Gasteiger partial charge on any atom is -0.361 e. The number of amides is 1. The molecule has 0 saturated carbocycles. The van der Waals surface area contributed by atoms with Crippen molar-refractivity contribution >= 4 is 5.91 Å². The lowest BCUT2D eigenvalue weighted by Crippen LogP contribution is -2.51. The van der Waals surface area contributed by atoms with E-state index in [4.69, 9.17) is 4.52 Å². The molecule has 17 heavy (non-hydrogen) atoms. The molecule has 2 N–H and O–H groups in total. The normalized spacial score (nSPS) is 17.6. The van der Waals surface area contributed by atoms with E-state index in [2.05, 4.69) is 22.7 Å². The Morgan fingerprint density at radius 1 is 1.59 bits per heavy atom. The van der Waals surface area contributed by atoms with Crippen LogP contribution in [0.2, 0.25) is 0 Å². The molecule has 5 nitrogen and oxygen atoms in total. The van der Waals surface area contributed by atoms with Gasteiger partial charge in [0.2, 0.25) is 5.91 Å². The lowest BCUT2D eigenvalue weighted by molar-refractivity contribution is -0.126. The number of nitrogens with zero attached hydrogens (tertiary/aromatic N) is 1. The Morgan fingerprint density at radius 2 is 2.29 bits per heavy atom. The molecule has 1 saturated heterocycles. The molecule has 0 spiro atoms. The molecule has 0 aliphatic carbocycles. The number of carbonyl (C=O) groups excluding carboxylic acids is 1. The first-order valence-corrected chi connectivity index (χ1v) is 6.00. The van der Waals surface area contributed by atoms with Crippen molar-refractivity contribution in [1.29, 1.82) is 0 Å². The first kappa shape index (κ1) is 12.1. The summed E-state index contributed by atoms with van der Waals surface area (Å²) in [7, 11) is 0. The summed E-state index contributed by atoms with van der Waals surface area (Å²) >= 11 is 0. The highest BCUT2D eigenvalue weighted by Crippen LogP contribution is 2.22. The Bertz CT molecular complexity index is 390. The average Bonchev–Trinajstić information content (AvgIpc) is 2.52. The van der Waals surface area contributed by atoms with Gasteiger partial charge in [-0.3, -0.25) is 4.79 Å². The summed E-state index contributed by atoms with van der Waals surface area (Å²) in [6.07, 6.45) is 0. The fraction of sp³-hybridized carbons (Fsp3) is 0.667. The Morgan fingerprint density at radius 3 is 2.76 bits per heavy atom. The molecule has 1 aromatic heterocycles. The summed E-state index contributed by atoms with van der Waals surface area (Å²) in [5, 5.41) is 10.00. The van der Waals surface area contributed by atoms with E-state index >= 15 is 0 Å². The van der Waals surface area contributed by atoms with Gasteiger partial charge in [-0.05, 0) is 13.8 Å². The van der Waals surface area contributed by atoms with E-state index < -0.39 is 0 Å². The van der Waals surface area contributed by atoms with Crippen LogP contribution in [-0.2, 0) is 4.79 Å². The van der Waals surface area contributed by atoms with Crippen LogP contribution in [0.5, 0.6) is 0 Å². The topological polar surface area (TPSA) is 67.2 Å². The van der Waals surface area contributed by atoms with E-state index in [0.29, 0.717) is 6.54 Å². The van der Waals surface area contributed by atoms with Gasteiger partial charge < -0.3 is 15.2 Å². The highest BCUT2D eigenvalue weighted by atomic mass is 16.5. The first-order chi connectivity index (χ1) is 8.09. The fourth-order valence-corrected chi connectivity index (χ4v) is 2.17. The number of rotatable bonds is 4. The van der Waals surface area contributed by atoms with E-state index in [1.165, 1.54) is 0 Å². The maximum Gasteiger partial charge on any atom is 0.225 e. The molecule has 0 aromatic carbocycles. The molecule has 0 bridgehead atoms. The predicted octanol–water partition coefficient (Wildman–Crippen LogP) is 0.731. The van der Waals surface area contributed by atoms with Crippen molar-refractivity contribution in [3.05, 3.63) is 17.0 Å². The summed E-state index contributed by atoms with van der Waals surface area (Å²) in [5.74, 6) is 1.36. The van der Waals surface area contributed by atoms with Crippen LogP contribution in [0.15, 0.2) is 4.52 Å². The van der Waals surface area contributed by atoms with Crippen LogP contribution in [0.25, 0.3) is 0 Å². The third kappa shape index (κ3) is 2.49. The van der Waals surface area contributed by atoms with Crippen LogP contribution in [0.4, 0.5) is 0 Å². The van der Waals surface area contributed by atoms with Crippen molar-refractivity contribution < 1.29 is 9.32 Å². The van der Waals surface area contributed by atoms with Crippen LogP contribution >= 0.6 is 0 Å². The molecule has 1 aliphatic heterocycles. The predicted molar refractivity (Wildman–Crippen MR) is 63.8 cm³/mol. The molecule has 2 heterocycles. The molecule has 94 valence electrons. The molecule has 1 aliphatic rings.